The van der Waals surface area contributed by atoms with Crippen LogP contribution in [-0.4, -0.2) is 46.8 Å². The molecule has 3 heterocycles. The number of halogens is 4. The van der Waals surface area contributed by atoms with Gasteiger partial charge in [0.05, 0.1) is 25.5 Å². The maximum absolute atomic E-state index is 14.4. The fourth-order valence-electron chi connectivity index (χ4n) is 4.09. The number of nitrogens with zero attached hydrogens (tertiary/aromatic N) is 3. The van der Waals surface area contributed by atoms with Crippen LogP contribution < -0.4 is 9.64 Å². The smallest absolute Gasteiger partial charge is 0.290 e. The van der Waals surface area contributed by atoms with Gasteiger partial charge in [-0.05, 0) is 18.1 Å². The van der Waals surface area contributed by atoms with Gasteiger partial charge in [-0.15, -0.1) is 0 Å². The second-order valence-corrected chi connectivity index (χ2v) is 7.41. The van der Waals surface area contributed by atoms with Crippen LogP contribution in [0.2, 0.25) is 0 Å². The average Bonchev–Trinajstić information content (AvgIpc) is 3.23. The number of rotatable bonds is 3. The molecular formula is C19H17F4N3O2. The third-order valence-electron chi connectivity index (χ3n) is 5.68. The lowest BCUT2D eigenvalue weighted by molar-refractivity contribution is -0.0861. The first-order chi connectivity index (χ1) is 13.3. The zero-order chi connectivity index (χ0) is 19.7. The van der Waals surface area contributed by atoms with E-state index in [1.807, 2.05) is 6.07 Å². The Balaban J connectivity index is 1.64. The lowest BCUT2D eigenvalue weighted by Crippen LogP contribution is -2.67. The van der Waals surface area contributed by atoms with Crippen LogP contribution >= 0.6 is 0 Å². The maximum Gasteiger partial charge on any atom is 0.290 e. The van der Waals surface area contributed by atoms with Gasteiger partial charge in [0.1, 0.15) is 17.5 Å². The van der Waals surface area contributed by atoms with Gasteiger partial charge in [-0.1, -0.05) is 12.1 Å². The summed E-state index contributed by atoms with van der Waals surface area (Å²) in [5.74, 6) is -5.78. The van der Waals surface area contributed by atoms with Gasteiger partial charge in [0, 0.05) is 24.0 Å². The lowest BCUT2D eigenvalue weighted by atomic mass is 9.99. The van der Waals surface area contributed by atoms with E-state index in [9.17, 15) is 22.7 Å². The summed E-state index contributed by atoms with van der Waals surface area (Å²) in [7, 11) is 0. The van der Waals surface area contributed by atoms with E-state index in [0.29, 0.717) is 29.2 Å². The molecule has 1 aromatic carbocycles. The van der Waals surface area contributed by atoms with Crippen molar-refractivity contribution < 1.29 is 27.4 Å². The molecule has 1 aliphatic carbocycles. The van der Waals surface area contributed by atoms with Crippen LogP contribution in [0, 0.1) is 0 Å². The first kappa shape index (κ1) is 17.7. The highest BCUT2D eigenvalue weighted by Crippen LogP contribution is 2.46. The van der Waals surface area contributed by atoms with Crippen LogP contribution in [0.15, 0.2) is 18.2 Å². The number of hydrogen-bond donors (Lipinski definition) is 1. The molecule has 28 heavy (non-hydrogen) atoms. The Morgan fingerprint density at radius 2 is 2.00 bits per heavy atom. The second kappa shape index (κ2) is 5.79. The molecule has 0 spiro atoms. The molecule has 5 nitrogen and oxygen atoms in total. The summed E-state index contributed by atoms with van der Waals surface area (Å²) in [6.45, 7) is -0.966. The van der Waals surface area contributed by atoms with E-state index in [1.54, 1.807) is 12.1 Å². The van der Waals surface area contributed by atoms with E-state index in [-0.39, 0.29) is 12.4 Å². The molecule has 1 aromatic heterocycles. The van der Waals surface area contributed by atoms with Gasteiger partial charge >= 0.3 is 0 Å². The van der Waals surface area contributed by atoms with Gasteiger partial charge in [-0.25, -0.2) is 18.7 Å². The van der Waals surface area contributed by atoms with Gasteiger partial charge in [0.25, 0.3) is 11.8 Å². The van der Waals surface area contributed by atoms with Crippen molar-refractivity contribution in [3.05, 3.63) is 35.0 Å². The number of alkyl halides is 4. The summed E-state index contributed by atoms with van der Waals surface area (Å²) in [5.41, 5.74) is 1.84. The standard InChI is InChI=1S/C19H17F4N3O2/c20-18(21)5-3-12-15(11-2-1-10-4-6-28-13(10)7-11)24-17(25-16(12)18)26-9-19(22,23)14(26)8-27/h1-2,7,14,27H,3-6,8-9H2. The highest BCUT2D eigenvalue weighted by Gasteiger charge is 2.56. The molecule has 0 radical (unpaired) electrons. The quantitative estimate of drug-likeness (QED) is 0.810. The minimum atomic E-state index is -3.14. The van der Waals surface area contributed by atoms with E-state index in [2.05, 4.69) is 9.97 Å². The SMILES string of the molecule is OCC1N(c2nc(-c3ccc4c(c3)OCC4)c3c(n2)C(F)(F)CC3)CC1(F)F. The summed E-state index contributed by atoms with van der Waals surface area (Å²) in [6.07, 6.45) is 0.492. The predicted octanol–water partition coefficient (Wildman–Crippen LogP) is 2.93. The minimum absolute atomic E-state index is 0.107. The Morgan fingerprint density at radius 1 is 1.18 bits per heavy atom. The number of aliphatic hydroxyl groups excluding tert-OH is 1. The number of anilines is 1. The number of ether oxygens (including phenoxy) is 1. The molecule has 2 aromatic rings. The van der Waals surface area contributed by atoms with E-state index >= 15 is 0 Å². The van der Waals surface area contributed by atoms with Gasteiger partial charge in [0.2, 0.25) is 5.95 Å². The van der Waals surface area contributed by atoms with Crippen molar-refractivity contribution in [2.45, 2.75) is 37.1 Å². The van der Waals surface area contributed by atoms with Crippen molar-refractivity contribution in [2.24, 2.45) is 0 Å². The lowest BCUT2D eigenvalue weighted by Gasteiger charge is -2.46. The molecule has 9 heteroatoms. The fourth-order valence-corrected chi connectivity index (χ4v) is 4.09. The van der Waals surface area contributed by atoms with Gasteiger partial charge in [0.15, 0.2) is 0 Å². The van der Waals surface area contributed by atoms with Crippen molar-refractivity contribution >= 4 is 5.95 Å². The normalized spacial score (nSPS) is 23.8. The molecule has 1 atom stereocenters. The molecule has 0 saturated carbocycles. The first-order valence-corrected chi connectivity index (χ1v) is 9.11. The van der Waals surface area contributed by atoms with Crippen LogP contribution in [0.1, 0.15) is 23.2 Å². The number of fused-ring (bicyclic) bond motifs is 2. The topological polar surface area (TPSA) is 58.5 Å². The van der Waals surface area contributed by atoms with Gasteiger partial charge < -0.3 is 14.7 Å². The summed E-state index contributed by atoms with van der Waals surface area (Å²) < 4.78 is 61.8. The van der Waals surface area contributed by atoms with Crippen LogP contribution in [0.3, 0.4) is 0 Å². The van der Waals surface area contributed by atoms with Crippen molar-refractivity contribution in [1.82, 2.24) is 9.97 Å². The maximum atomic E-state index is 14.4. The largest absolute Gasteiger partial charge is 0.493 e. The zero-order valence-corrected chi connectivity index (χ0v) is 14.8. The molecular weight excluding hydrogens is 378 g/mol. The molecule has 1 saturated heterocycles. The molecule has 148 valence electrons. The third-order valence-corrected chi connectivity index (χ3v) is 5.68. The van der Waals surface area contributed by atoms with Crippen LogP contribution in [0.25, 0.3) is 11.3 Å². The van der Waals surface area contributed by atoms with Gasteiger partial charge in [-0.3, -0.25) is 0 Å². The third kappa shape index (κ3) is 2.48. The average molecular weight is 395 g/mol. The summed E-state index contributed by atoms with van der Waals surface area (Å²) in [4.78, 5) is 9.40. The van der Waals surface area contributed by atoms with Crippen molar-refractivity contribution in [2.75, 3.05) is 24.7 Å². The Kier molecular flexibility index (Phi) is 3.65. The molecule has 1 fully saturated rings. The van der Waals surface area contributed by atoms with Crippen molar-refractivity contribution in [3.63, 3.8) is 0 Å². The Hall–Kier alpha value is -2.42. The van der Waals surface area contributed by atoms with Gasteiger partial charge in [-0.2, -0.15) is 8.78 Å². The highest BCUT2D eigenvalue weighted by atomic mass is 19.3. The zero-order valence-electron chi connectivity index (χ0n) is 14.8. The number of hydrogen-bond acceptors (Lipinski definition) is 5. The number of aromatic nitrogens is 2. The molecule has 2 aliphatic heterocycles. The van der Waals surface area contributed by atoms with Crippen LogP contribution in [0.4, 0.5) is 23.5 Å². The van der Waals surface area contributed by atoms with E-state index in [0.717, 1.165) is 16.9 Å². The van der Waals surface area contributed by atoms with Crippen molar-refractivity contribution in [3.8, 4) is 17.0 Å². The van der Waals surface area contributed by atoms with Crippen LogP contribution in [-0.2, 0) is 18.8 Å². The second-order valence-electron chi connectivity index (χ2n) is 7.41. The molecule has 0 amide bonds. The fraction of sp³-hybridized carbons (Fsp3) is 0.474. The predicted molar refractivity (Wildman–Crippen MR) is 92.0 cm³/mol. The highest BCUT2D eigenvalue weighted by molar-refractivity contribution is 5.69. The Labute approximate surface area is 158 Å². The van der Waals surface area contributed by atoms with Crippen molar-refractivity contribution in [1.29, 1.82) is 0 Å². The summed E-state index contributed by atoms with van der Waals surface area (Å²) in [6, 6.07) is 3.88. The minimum Gasteiger partial charge on any atom is -0.493 e. The molecule has 3 aliphatic rings. The number of aliphatic hydroxyl groups is 1. The monoisotopic (exact) mass is 395 g/mol. The molecule has 0 bridgehead atoms. The molecule has 5 rings (SSSR count). The van der Waals surface area contributed by atoms with Crippen LogP contribution in [0.5, 0.6) is 5.75 Å². The number of benzene rings is 1. The summed E-state index contributed by atoms with van der Waals surface area (Å²) >= 11 is 0. The first-order valence-electron chi connectivity index (χ1n) is 9.11. The molecule has 1 N–H and O–H groups in total. The summed E-state index contributed by atoms with van der Waals surface area (Å²) in [5, 5.41) is 9.30. The Morgan fingerprint density at radius 3 is 2.75 bits per heavy atom. The van der Waals surface area contributed by atoms with E-state index in [1.165, 1.54) is 0 Å². The van der Waals surface area contributed by atoms with E-state index < -0.39 is 43.2 Å². The molecule has 1 unspecified atom stereocenters. The van der Waals surface area contributed by atoms with E-state index in [4.69, 9.17) is 4.74 Å². The Bertz CT molecular complexity index is 966.